The van der Waals surface area contributed by atoms with Crippen LogP contribution in [0.3, 0.4) is 0 Å². The smallest absolute Gasteiger partial charge is 0.354 e. The highest BCUT2D eigenvalue weighted by Gasteiger charge is 2.39. The number of amides is 3. The molecule has 11 heteroatoms. The summed E-state index contributed by atoms with van der Waals surface area (Å²) in [5.41, 5.74) is 5.93. The number of imide groups is 1. The monoisotopic (exact) mass is 505 g/mol. The molecule has 0 aliphatic carbocycles. The van der Waals surface area contributed by atoms with E-state index in [9.17, 15) is 24.3 Å². The van der Waals surface area contributed by atoms with E-state index >= 15 is 0 Å². The Kier molecular flexibility index (Phi) is 7.07. The second-order valence-electron chi connectivity index (χ2n) is 8.93. The molecule has 3 amide bonds. The van der Waals surface area contributed by atoms with Crippen LogP contribution in [0.1, 0.15) is 53.5 Å². The molecular formula is C26H27N5O6. The topological polar surface area (TPSA) is 148 Å². The lowest BCUT2D eigenvalue weighted by Crippen LogP contribution is -2.25. The molecule has 4 rings (SSSR count). The Hall–Kier alpha value is -4.51. The maximum Gasteiger partial charge on any atom is 0.354 e. The van der Waals surface area contributed by atoms with E-state index in [0.717, 1.165) is 17.0 Å². The normalized spacial score (nSPS) is 12.8. The summed E-state index contributed by atoms with van der Waals surface area (Å²) in [5.74, 6) is -3.57. The average Bonchev–Trinajstić information content (AvgIpc) is 3.32. The quantitative estimate of drug-likeness (QED) is 0.314. The fourth-order valence-corrected chi connectivity index (χ4v) is 4.33. The van der Waals surface area contributed by atoms with Crippen LogP contribution in [0.4, 0.5) is 0 Å². The van der Waals surface area contributed by atoms with E-state index in [1.165, 1.54) is 23.9 Å². The number of nitrogens with two attached hydrogens (primary N) is 1. The molecule has 0 bridgehead atoms. The van der Waals surface area contributed by atoms with Crippen molar-refractivity contribution in [3.63, 3.8) is 0 Å². The van der Waals surface area contributed by atoms with Gasteiger partial charge in [-0.1, -0.05) is 36.4 Å². The predicted octanol–water partition coefficient (Wildman–Crippen LogP) is 1.95. The minimum Gasteiger partial charge on any atom is -0.477 e. The van der Waals surface area contributed by atoms with Crippen molar-refractivity contribution >= 4 is 23.7 Å². The second-order valence-corrected chi connectivity index (χ2v) is 8.93. The fourth-order valence-electron chi connectivity index (χ4n) is 4.33. The summed E-state index contributed by atoms with van der Waals surface area (Å²) in [7, 11) is 5.14. The van der Waals surface area contributed by atoms with E-state index in [0.29, 0.717) is 6.42 Å². The number of carboxylic acid groups (broad SMARTS) is 1. The lowest BCUT2D eigenvalue weighted by molar-refractivity contribution is 0.0675. The molecule has 0 saturated carbocycles. The van der Waals surface area contributed by atoms with Crippen LogP contribution in [0.25, 0.3) is 11.1 Å². The standard InChI is InChI=1S/C26H27N5O6/c1-29(2)12-7-13-37-23-20(21(26(35)36)31(28-23)14-15-8-5-4-6-9-15)16-10-11-17-19(18(16)22(27)32)25(34)30(3)24(17)33/h4-6,8-11H,7,12-14H2,1-3H3,(H2,27,32)(H,35,36). The number of ether oxygens (including phenoxy) is 1. The van der Waals surface area contributed by atoms with Gasteiger partial charge in [0, 0.05) is 19.2 Å². The van der Waals surface area contributed by atoms with Crippen LogP contribution in [0, 0.1) is 0 Å². The SMILES string of the molecule is CN(C)CCCOc1nn(Cc2ccccc2)c(C(=O)O)c1-c1ccc2c(c1C(N)=O)C(=O)N(C)C2=O. The molecule has 0 radical (unpaired) electrons. The van der Waals surface area contributed by atoms with Crippen molar-refractivity contribution < 1.29 is 29.0 Å². The number of carbonyl (C=O) groups excluding carboxylic acids is 3. The molecule has 0 spiro atoms. The van der Waals surface area contributed by atoms with Gasteiger partial charge < -0.3 is 20.5 Å². The van der Waals surface area contributed by atoms with E-state index < -0.39 is 23.7 Å². The maximum atomic E-state index is 12.9. The fraction of sp³-hybridized carbons (Fsp3) is 0.269. The molecule has 0 saturated heterocycles. The molecule has 2 heterocycles. The van der Waals surface area contributed by atoms with Gasteiger partial charge in [-0.05, 0) is 32.1 Å². The van der Waals surface area contributed by atoms with Crippen molar-refractivity contribution in [1.29, 1.82) is 0 Å². The van der Waals surface area contributed by atoms with Crippen LogP contribution in [0.2, 0.25) is 0 Å². The number of aromatic nitrogens is 2. The Morgan fingerprint density at radius 3 is 2.32 bits per heavy atom. The highest BCUT2D eigenvalue weighted by atomic mass is 16.5. The first kappa shape index (κ1) is 25.6. The Morgan fingerprint density at radius 1 is 1.03 bits per heavy atom. The highest BCUT2D eigenvalue weighted by molar-refractivity contribution is 6.26. The van der Waals surface area contributed by atoms with Gasteiger partial charge in [-0.15, -0.1) is 5.10 Å². The van der Waals surface area contributed by atoms with E-state index in [1.54, 1.807) is 0 Å². The summed E-state index contributed by atoms with van der Waals surface area (Å²) in [6, 6.07) is 11.9. The number of nitrogens with zero attached hydrogens (tertiary/aromatic N) is 4. The molecule has 11 nitrogen and oxygen atoms in total. The van der Waals surface area contributed by atoms with E-state index in [1.807, 2.05) is 49.3 Å². The van der Waals surface area contributed by atoms with Crippen LogP contribution in [0.15, 0.2) is 42.5 Å². The number of carbonyl (C=O) groups is 4. The summed E-state index contributed by atoms with van der Waals surface area (Å²) in [5, 5.41) is 14.7. The van der Waals surface area contributed by atoms with Crippen molar-refractivity contribution in [3.05, 3.63) is 70.4 Å². The number of primary amides is 1. The summed E-state index contributed by atoms with van der Waals surface area (Å²) in [6.07, 6.45) is 0.630. The number of aromatic carboxylic acids is 1. The number of hydrogen-bond acceptors (Lipinski definition) is 7. The van der Waals surface area contributed by atoms with Gasteiger partial charge in [0.2, 0.25) is 11.8 Å². The molecule has 0 atom stereocenters. The summed E-state index contributed by atoms with van der Waals surface area (Å²) in [6.45, 7) is 1.07. The van der Waals surface area contributed by atoms with Gasteiger partial charge in [-0.25, -0.2) is 9.48 Å². The molecule has 37 heavy (non-hydrogen) atoms. The van der Waals surface area contributed by atoms with Crippen molar-refractivity contribution in [2.45, 2.75) is 13.0 Å². The Morgan fingerprint density at radius 2 is 1.70 bits per heavy atom. The zero-order valence-electron chi connectivity index (χ0n) is 20.7. The molecular weight excluding hydrogens is 478 g/mol. The van der Waals surface area contributed by atoms with Crippen molar-refractivity contribution in [2.24, 2.45) is 5.73 Å². The maximum absolute atomic E-state index is 12.9. The third-order valence-electron chi connectivity index (χ3n) is 6.06. The van der Waals surface area contributed by atoms with E-state index in [2.05, 4.69) is 5.10 Å². The van der Waals surface area contributed by atoms with Gasteiger partial charge in [0.25, 0.3) is 11.8 Å². The summed E-state index contributed by atoms with van der Waals surface area (Å²) >= 11 is 0. The van der Waals surface area contributed by atoms with Gasteiger partial charge in [0.15, 0.2) is 5.69 Å². The van der Waals surface area contributed by atoms with Gasteiger partial charge in [-0.2, -0.15) is 0 Å². The van der Waals surface area contributed by atoms with Crippen molar-refractivity contribution in [3.8, 4) is 17.0 Å². The number of fused-ring (bicyclic) bond motifs is 1. The van der Waals surface area contributed by atoms with Crippen LogP contribution >= 0.6 is 0 Å². The largest absolute Gasteiger partial charge is 0.477 e. The number of carboxylic acids is 1. The van der Waals surface area contributed by atoms with Gasteiger partial charge >= 0.3 is 5.97 Å². The Labute approximate surface area is 213 Å². The van der Waals surface area contributed by atoms with Gasteiger partial charge in [-0.3, -0.25) is 19.3 Å². The number of benzene rings is 2. The predicted molar refractivity (Wildman–Crippen MR) is 134 cm³/mol. The molecule has 1 aromatic heterocycles. The zero-order valence-corrected chi connectivity index (χ0v) is 20.7. The molecule has 0 unspecified atom stereocenters. The number of hydrogen-bond donors (Lipinski definition) is 2. The zero-order chi connectivity index (χ0) is 26.9. The van der Waals surface area contributed by atoms with Gasteiger partial charge in [0.1, 0.15) is 0 Å². The Bertz CT molecular complexity index is 1400. The number of rotatable bonds is 10. The summed E-state index contributed by atoms with van der Waals surface area (Å²) < 4.78 is 7.22. The Balaban J connectivity index is 1.93. The first-order valence-electron chi connectivity index (χ1n) is 11.6. The van der Waals surface area contributed by atoms with Crippen LogP contribution in [-0.4, -0.2) is 82.7 Å². The second kappa shape index (κ2) is 10.2. The van der Waals surface area contributed by atoms with E-state index in [4.69, 9.17) is 10.5 Å². The molecule has 1 aliphatic rings. The minimum absolute atomic E-state index is 0.0136. The first-order chi connectivity index (χ1) is 17.6. The molecule has 3 aromatic rings. The van der Waals surface area contributed by atoms with Crippen molar-refractivity contribution in [2.75, 3.05) is 34.3 Å². The van der Waals surface area contributed by atoms with Crippen molar-refractivity contribution in [1.82, 2.24) is 19.6 Å². The lowest BCUT2D eigenvalue weighted by atomic mass is 9.92. The van der Waals surface area contributed by atoms with Crippen LogP contribution in [-0.2, 0) is 6.54 Å². The van der Waals surface area contributed by atoms with Crippen LogP contribution in [0.5, 0.6) is 5.88 Å². The first-order valence-corrected chi connectivity index (χ1v) is 11.6. The molecule has 2 aromatic carbocycles. The average molecular weight is 506 g/mol. The molecule has 1 aliphatic heterocycles. The lowest BCUT2D eigenvalue weighted by Gasteiger charge is -2.13. The highest BCUT2D eigenvalue weighted by Crippen LogP contribution is 2.39. The van der Waals surface area contributed by atoms with Gasteiger partial charge in [0.05, 0.1) is 35.4 Å². The molecule has 3 N–H and O–H groups in total. The summed E-state index contributed by atoms with van der Waals surface area (Å²) in [4.78, 5) is 53.5. The third-order valence-corrected chi connectivity index (χ3v) is 6.06. The third kappa shape index (κ3) is 4.81. The van der Waals surface area contributed by atoms with E-state index in [-0.39, 0.29) is 52.5 Å². The molecule has 192 valence electrons. The molecule has 0 fully saturated rings. The minimum atomic E-state index is -1.31. The van der Waals surface area contributed by atoms with Crippen LogP contribution < -0.4 is 10.5 Å².